The van der Waals surface area contributed by atoms with Crippen molar-refractivity contribution < 1.29 is 9.59 Å². The normalized spacial score (nSPS) is 10.7. The Morgan fingerprint density at radius 2 is 1.62 bits per heavy atom. The molecule has 29 heavy (non-hydrogen) atoms. The molecule has 0 atom stereocenters. The lowest BCUT2D eigenvalue weighted by molar-refractivity contribution is -0.111. The van der Waals surface area contributed by atoms with Crippen molar-refractivity contribution in [3.63, 3.8) is 0 Å². The molecule has 3 aromatic rings. The zero-order chi connectivity index (χ0) is 20.6. The van der Waals surface area contributed by atoms with Gasteiger partial charge in [-0.15, -0.1) is 0 Å². The fraction of sp³-hybridized carbons (Fsp3) is 0.0435. The summed E-state index contributed by atoms with van der Waals surface area (Å²) in [6, 6.07) is 21.5. The van der Waals surface area contributed by atoms with Crippen LogP contribution in [-0.2, 0) is 11.3 Å². The van der Waals surface area contributed by atoms with Gasteiger partial charge in [-0.2, -0.15) is 0 Å². The van der Waals surface area contributed by atoms with E-state index >= 15 is 0 Å². The first-order chi connectivity index (χ1) is 14.0. The minimum absolute atomic E-state index is 0.269. The summed E-state index contributed by atoms with van der Waals surface area (Å²) in [6.07, 6.45) is 2.94. The van der Waals surface area contributed by atoms with E-state index in [1.54, 1.807) is 48.5 Å². The summed E-state index contributed by atoms with van der Waals surface area (Å²) >= 11 is 12.0. The Labute approximate surface area is 179 Å². The molecule has 0 saturated heterocycles. The molecule has 2 N–H and O–H groups in total. The quantitative estimate of drug-likeness (QED) is 0.507. The first-order valence-electron chi connectivity index (χ1n) is 8.88. The van der Waals surface area contributed by atoms with E-state index in [1.165, 1.54) is 6.08 Å². The van der Waals surface area contributed by atoms with Gasteiger partial charge in [-0.25, -0.2) is 0 Å². The molecule has 0 aliphatic heterocycles. The van der Waals surface area contributed by atoms with Crippen LogP contribution in [0.5, 0.6) is 0 Å². The van der Waals surface area contributed by atoms with Gasteiger partial charge in [0.2, 0.25) is 5.91 Å². The largest absolute Gasteiger partial charge is 0.348 e. The van der Waals surface area contributed by atoms with Gasteiger partial charge in [-0.1, -0.05) is 71.7 Å². The van der Waals surface area contributed by atoms with Gasteiger partial charge in [0.15, 0.2) is 0 Å². The highest BCUT2D eigenvalue weighted by molar-refractivity contribution is 6.35. The summed E-state index contributed by atoms with van der Waals surface area (Å²) in [7, 11) is 0. The first kappa shape index (κ1) is 20.6. The van der Waals surface area contributed by atoms with Crippen molar-refractivity contribution >= 4 is 46.8 Å². The van der Waals surface area contributed by atoms with Crippen LogP contribution < -0.4 is 10.6 Å². The number of para-hydroxylation sites is 1. The fourth-order valence-corrected chi connectivity index (χ4v) is 3.11. The molecule has 2 amide bonds. The third kappa shape index (κ3) is 5.95. The van der Waals surface area contributed by atoms with Crippen molar-refractivity contribution in [2.24, 2.45) is 0 Å². The molecule has 0 aliphatic rings. The topological polar surface area (TPSA) is 58.2 Å². The van der Waals surface area contributed by atoms with Crippen molar-refractivity contribution in [1.82, 2.24) is 5.32 Å². The molecule has 6 heteroatoms. The van der Waals surface area contributed by atoms with Crippen LogP contribution in [0.2, 0.25) is 10.0 Å². The number of hydrogen-bond donors (Lipinski definition) is 2. The molecule has 4 nitrogen and oxygen atoms in total. The molecule has 3 rings (SSSR count). The summed E-state index contributed by atoms with van der Waals surface area (Å²) in [5.41, 5.74) is 2.47. The number of benzene rings is 3. The molecular weight excluding hydrogens is 407 g/mol. The van der Waals surface area contributed by atoms with Gasteiger partial charge >= 0.3 is 0 Å². The van der Waals surface area contributed by atoms with Crippen LogP contribution in [0.1, 0.15) is 21.5 Å². The molecule has 0 aliphatic carbocycles. The van der Waals surface area contributed by atoms with Crippen molar-refractivity contribution in [2.45, 2.75) is 6.54 Å². The number of halogens is 2. The maximum atomic E-state index is 12.6. The molecule has 0 spiro atoms. The lowest BCUT2D eigenvalue weighted by Crippen LogP contribution is -2.24. The van der Waals surface area contributed by atoms with Crippen LogP contribution in [0, 0.1) is 0 Å². The van der Waals surface area contributed by atoms with Crippen LogP contribution in [0.15, 0.2) is 78.9 Å². The second-order valence-electron chi connectivity index (χ2n) is 6.20. The molecule has 3 aromatic carbocycles. The predicted octanol–water partition coefficient (Wildman–Crippen LogP) is 5.58. The van der Waals surface area contributed by atoms with E-state index in [0.717, 1.165) is 5.56 Å². The van der Waals surface area contributed by atoms with Gasteiger partial charge in [0, 0.05) is 22.7 Å². The number of carbonyl (C=O) groups excluding carboxylic acids is 2. The Morgan fingerprint density at radius 1 is 0.897 bits per heavy atom. The van der Waals surface area contributed by atoms with E-state index in [2.05, 4.69) is 10.6 Å². The molecule has 146 valence electrons. The summed E-state index contributed by atoms with van der Waals surface area (Å²) in [6.45, 7) is 0.400. The van der Waals surface area contributed by atoms with Crippen LogP contribution in [0.3, 0.4) is 0 Å². The Hall–Kier alpha value is -3.08. The van der Waals surface area contributed by atoms with E-state index in [4.69, 9.17) is 23.2 Å². The average molecular weight is 425 g/mol. The Morgan fingerprint density at radius 3 is 2.38 bits per heavy atom. The van der Waals surface area contributed by atoms with Crippen molar-refractivity contribution in [3.8, 4) is 0 Å². The molecular formula is C23H18Cl2N2O2. The summed E-state index contributed by atoms with van der Waals surface area (Å²) in [4.78, 5) is 24.9. The van der Waals surface area contributed by atoms with Gasteiger partial charge in [0.05, 0.1) is 11.3 Å². The summed E-state index contributed by atoms with van der Waals surface area (Å²) in [5.74, 6) is -0.645. The van der Waals surface area contributed by atoms with E-state index in [1.807, 2.05) is 30.3 Å². The first-order valence-corrected chi connectivity index (χ1v) is 9.64. The number of hydrogen-bond acceptors (Lipinski definition) is 2. The third-order valence-electron chi connectivity index (χ3n) is 4.10. The Bertz CT molecular complexity index is 1050. The number of amides is 2. The maximum Gasteiger partial charge on any atom is 0.253 e. The lowest BCUT2D eigenvalue weighted by atomic mass is 10.1. The van der Waals surface area contributed by atoms with E-state index in [0.29, 0.717) is 33.4 Å². The zero-order valence-corrected chi connectivity index (χ0v) is 16.9. The van der Waals surface area contributed by atoms with Gasteiger partial charge in [0.1, 0.15) is 0 Å². The van der Waals surface area contributed by atoms with Crippen LogP contribution >= 0.6 is 23.2 Å². The number of carbonyl (C=O) groups is 2. The molecule has 0 saturated carbocycles. The monoisotopic (exact) mass is 424 g/mol. The third-order valence-corrected chi connectivity index (χ3v) is 4.66. The molecule has 0 heterocycles. The van der Waals surface area contributed by atoms with Gasteiger partial charge in [-0.3, -0.25) is 9.59 Å². The van der Waals surface area contributed by atoms with Gasteiger partial charge in [-0.05, 0) is 41.5 Å². The lowest BCUT2D eigenvalue weighted by Gasteiger charge is -2.10. The number of rotatable bonds is 6. The smallest absolute Gasteiger partial charge is 0.253 e. The van der Waals surface area contributed by atoms with Crippen molar-refractivity contribution in [2.75, 3.05) is 5.32 Å². The number of anilines is 1. The van der Waals surface area contributed by atoms with Crippen LogP contribution in [-0.4, -0.2) is 11.8 Å². The SMILES string of the molecule is O=C(/C=C/c1ccc(Cl)cc1Cl)Nc1ccccc1C(=O)NCc1ccccc1. The zero-order valence-electron chi connectivity index (χ0n) is 15.4. The average Bonchev–Trinajstić information content (AvgIpc) is 2.72. The molecule has 0 unspecified atom stereocenters. The van der Waals surface area contributed by atoms with Crippen LogP contribution in [0.4, 0.5) is 5.69 Å². The molecule has 0 fully saturated rings. The highest BCUT2D eigenvalue weighted by Gasteiger charge is 2.12. The summed E-state index contributed by atoms with van der Waals surface area (Å²) in [5, 5.41) is 6.56. The number of nitrogens with one attached hydrogen (secondary N) is 2. The van der Waals surface area contributed by atoms with E-state index < -0.39 is 0 Å². The predicted molar refractivity (Wildman–Crippen MR) is 118 cm³/mol. The van der Waals surface area contributed by atoms with Crippen LogP contribution in [0.25, 0.3) is 6.08 Å². The van der Waals surface area contributed by atoms with Gasteiger partial charge in [0.25, 0.3) is 5.91 Å². The molecule has 0 radical (unpaired) electrons. The second kappa shape index (κ2) is 9.92. The van der Waals surface area contributed by atoms with Crippen molar-refractivity contribution in [1.29, 1.82) is 0 Å². The molecule has 0 aromatic heterocycles. The maximum absolute atomic E-state index is 12.6. The minimum Gasteiger partial charge on any atom is -0.348 e. The Balaban J connectivity index is 1.67. The van der Waals surface area contributed by atoms with Gasteiger partial charge < -0.3 is 10.6 Å². The highest BCUT2D eigenvalue weighted by Crippen LogP contribution is 2.22. The summed E-state index contributed by atoms with van der Waals surface area (Å²) < 4.78 is 0. The van der Waals surface area contributed by atoms with E-state index in [-0.39, 0.29) is 11.8 Å². The van der Waals surface area contributed by atoms with Crippen molar-refractivity contribution in [3.05, 3.63) is 106 Å². The van der Waals surface area contributed by atoms with E-state index in [9.17, 15) is 9.59 Å². The molecule has 0 bridgehead atoms. The minimum atomic E-state index is -0.376. The fourth-order valence-electron chi connectivity index (χ4n) is 2.64. The highest BCUT2D eigenvalue weighted by atomic mass is 35.5. The second-order valence-corrected chi connectivity index (χ2v) is 7.05. The standard InChI is InChI=1S/C23H18Cl2N2O2/c24-18-12-10-17(20(25)14-18)11-13-22(28)27-21-9-5-4-8-19(21)23(29)26-15-16-6-2-1-3-7-16/h1-14H,15H2,(H,26,29)(H,27,28)/b13-11+. The Kier molecular flexibility index (Phi) is 7.06.